The summed E-state index contributed by atoms with van der Waals surface area (Å²) in [5.74, 6) is 0.124. The zero-order valence-corrected chi connectivity index (χ0v) is 15.4. The van der Waals surface area contributed by atoms with Gasteiger partial charge in [-0.3, -0.25) is 4.79 Å². The van der Waals surface area contributed by atoms with Crippen molar-refractivity contribution in [3.8, 4) is 5.75 Å². The monoisotopic (exact) mass is 381 g/mol. The Bertz CT molecular complexity index is 691. The maximum absolute atomic E-state index is 12.2. The van der Waals surface area contributed by atoms with Crippen LogP contribution in [0.15, 0.2) is 48.5 Å². The summed E-state index contributed by atoms with van der Waals surface area (Å²) < 4.78 is 5.58. The molecular formula is C19H21Cl2NO3. The van der Waals surface area contributed by atoms with Gasteiger partial charge in [0.25, 0.3) is 5.91 Å². The molecule has 6 heteroatoms. The molecule has 0 saturated heterocycles. The molecule has 0 spiro atoms. The van der Waals surface area contributed by atoms with Crippen LogP contribution in [0, 0.1) is 5.92 Å². The minimum atomic E-state index is -0.685. The van der Waals surface area contributed by atoms with E-state index in [0.29, 0.717) is 28.8 Å². The largest absolute Gasteiger partial charge is 0.479 e. The van der Waals surface area contributed by atoms with Gasteiger partial charge in [-0.25, -0.2) is 0 Å². The molecule has 2 N–H and O–H groups in total. The zero-order chi connectivity index (χ0) is 18.2. The van der Waals surface area contributed by atoms with Gasteiger partial charge in [0, 0.05) is 24.1 Å². The normalized spacial score (nSPS) is 13.1. The first-order valence-electron chi connectivity index (χ1n) is 8.03. The number of carbonyl (C=O) groups is 1. The molecule has 2 aromatic carbocycles. The number of carbonyl (C=O) groups excluding carboxylic acids is 1. The molecule has 0 aromatic heterocycles. The maximum atomic E-state index is 12.2. The minimum Gasteiger partial charge on any atom is -0.479 e. The van der Waals surface area contributed by atoms with Crippen LogP contribution in [0.1, 0.15) is 12.5 Å². The van der Waals surface area contributed by atoms with Crippen molar-refractivity contribution in [2.75, 3.05) is 13.2 Å². The van der Waals surface area contributed by atoms with Gasteiger partial charge in [0.05, 0.1) is 5.02 Å². The van der Waals surface area contributed by atoms with E-state index in [2.05, 4.69) is 5.32 Å². The molecule has 0 heterocycles. The summed E-state index contributed by atoms with van der Waals surface area (Å²) in [7, 11) is 0. The Morgan fingerprint density at radius 1 is 1.16 bits per heavy atom. The molecule has 2 aromatic rings. The third kappa shape index (κ3) is 6.24. The number of ether oxygens (including phenoxy) is 1. The number of rotatable bonds is 8. The molecule has 0 aliphatic carbocycles. The summed E-state index contributed by atoms with van der Waals surface area (Å²) in [6, 6.07) is 14.4. The second-order valence-corrected chi connectivity index (χ2v) is 6.66. The number of halogens is 2. The predicted molar refractivity (Wildman–Crippen MR) is 100 cm³/mol. The van der Waals surface area contributed by atoms with E-state index in [1.54, 1.807) is 31.2 Å². The molecule has 134 valence electrons. The van der Waals surface area contributed by atoms with Gasteiger partial charge >= 0.3 is 0 Å². The van der Waals surface area contributed by atoms with Crippen molar-refractivity contribution in [1.82, 2.24) is 5.32 Å². The number of aliphatic hydroxyl groups excluding tert-OH is 1. The lowest BCUT2D eigenvalue weighted by atomic mass is 10.00. The Hall–Kier alpha value is -1.75. The Morgan fingerprint density at radius 3 is 2.48 bits per heavy atom. The highest BCUT2D eigenvalue weighted by Crippen LogP contribution is 2.24. The number of hydrogen-bond donors (Lipinski definition) is 2. The molecule has 0 radical (unpaired) electrons. The Morgan fingerprint density at radius 2 is 1.84 bits per heavy atom. The molecule has 0 aliphatic rings. The van der Waals surface area contributed by atoms with E-state index in [1.807, 2.05) is 24.3 Å². The van der Waals surface area contributed by atoms with Crippen LogP contribution in [0.5, 0.6) is 5.75 Å². The smallest absolute Gasteiger partial charge is 0.260 e. The summed E-state index contributed by atoms with van der Waals surface area (Å²) >= 11 is 11.9. The summed E-state index contributed by atoms with van der Waals surface area (Å²) in [5, 5.41) is 13.5. The number of amides is 1. The second kappa shape index (κ2) is 9.66. The van der Waals surface area contributed by atoms with E-state index in [1.165, 1.54) is 0 Å². The molecule has 4 nitrogen and oxygen atoms in total. The average Bonchev–Trinajstić information content (AvgIpc) is 2.61. The van der Waals surface area contributed by atoms with Gasteiger partial charge in [0.15, 0.2) is 6.10 Å². The van der Waals surface area contributed by atoms with Crippen molar-refractivity contribution in [3.63, 3.8) is 0 Å². The van der Waals surface area contributed by atoms with Crippen molar-refractivity contribution >= 4 is 29.1 Å². The fraction of sp³-hybridized carbons (Fsp3) is 0.316. The fourth-order valence-corrected chi connectivity index (χ4v) is 2.63. The van der Waals surface area contributed by atoms with Crippen LogP contribution in [0.3, 0.4) is 0 Å². The highest BCUT2D eigenvalue weighted by molar-refractivity contribution is 6.32. The molecule has 0 bridgehead atoms. The molecule has 0 fully saturated rings. The van der Waals surface area contributed by atoms with Crippen LogP contribution < -0.4 is 10.1 Å². The van der Waals surface area contributed by atoms with E-state index in [-0.39, 0.29) is 18.4 Å². The van der Waals surface area contributed by atoms with E-state index in [9.17, 15) is 9.90 Å². The van der Waals surface area contributed by atoms with Crippen molar-refractivity contribution in [3.05, 3.63) is 64.1 Å². The third-order valence-corrected chi connectivity index (χ3v) is 4.33. The molecule has 0 saturated carbocycles. The number of aliphatic hydroxyl groups is 1. The SMILES string of the molecule is C[C@H](Oc1ccccc1Cl)C(=O)NC[C@H](CO)Cc1ccc(Cl)cc1. The van der Waals surface area contributed by atoms with Gasteiger partial charge in [-0.2, -0.15) is 0 Å². The first kappa shape index (κ1) is 19.6. The summed E-state index contributed by atoms with van der Waals surface area (Å²) in [6.45, 7) is 1.99. The lowest BCUT2D eigenvalue weighted by Crippen LogP contribution is -2.40. The van der Waals surface area contributed by atoms with Gasteiger partial charge in [-0.15, -0.1) is 0 Å². The van der Waals surface area contributed by atoms with Crippen molar-refractivity contribution < 1.29 is 14.6 Å². The van der Waals surface area contributed by atoms with Gasteiger partial charge in [0.1, 0.15) is 5.75 Å². The molecule has 25 heavy (non-hydrogen) atoms. The molecule has 2 atom stereocenters. The van der Waals surface area contributed by atoms with E-state index < -0.39 is 6.10 Å². The fourth-order valence-electron chi connectivity index (χ4n) is 2.33. The summed E-state index contributed by atoms with van der Waals surface area (Å²) in [5.41, 5.74) is 1.05. The minimum absolute atomic E-state index is 0.0251. The number of nitrogens with one attached hydrogen (secondary N) is 1. The Kier molecular flexibility index (Phi) is 7.56. The van der Waals surface area contributed by atoms with Crippen LogP contribution in [0.25, 0.3) is 0 Å². The van der Waals surface area contributed by atoms with Crippen LogP contribution >= 0.6 is 23.2 Å². The molecule has 0 unspecified atom stereocenters. The highest BCUT2D eigenvalue weighted by Gasteiger charge is 2.17. The number of benzene rings is 2. The van der Waals surface area contributed by atoms with Gasteiger partial charge < -0.3 is 15.2 Å². The summed E-state index contributed by atoms with van der Waals surface area (Å²) in [6.07, 6.45) is -0.0389. The average molecular weight is 382 g/mol. The second-order valence-electron chi connectivity index (χ2n) is 5.81. The first-order valence-corrected chi connectivity index (χ1v) is 8.79. The quantitative estimate of drug-likeness (QED) is 0.732. The Labute approximate surface area is 157 Å². The highest BCUT2D eigenvalue weighted by atomic mass is 35.5. The number of para-hydroxylation sites is 1. The van der Waals surface area contributed by atoms with Crippen molar-refractivity contribution in [2.45, 2.75) is 19.4 Å². The van der Waals surface area contributed by atoms with Crippen molar-refractivity contribution in [1.29, 1.82) is 0 Å². The topological polar surface area (TPSA) is 58.6 Å². The van der Waals surface area contributed by atoms with Gasteiger partial charge in [-0.05, 0) is 43.2 Å². The van der Waals surface area contributed by atoms with Crippen LogP contribution in [-0.2, 0) is 11.2 Å². The standard InChI is InChI=1S/C19H21Cl2NO3/c1-13(25-18-5-3-2-4-17(18)21)19(24)22-11-15(12-23)10-14-6-8-16(20)9-7-14/h2-9,13,15,23H,10-12H2,1H3,(H,22,24)/t13-,15+/m0/s1. The molecule has 0 aliphatic heterocycles. The van der Waals surface area contributed by atoms with E-state index in [0.717, 1.165) is 5.56 Å². The third-order valence-electron chi connectivity index (χ3n) is 3.77. The molecular weight excluding hydrogens is 361 g/mol. The van der Waals surface area contributed by atoms with Crippen LogP contribution in [0.2, 0.25) is 10.0 Å². The lowest BCUT2D eigenvalue weighted by Gasteiger charge is -2.19. The van der Waals surface area contributed by atoms with Crippen molar-refractivity contribution in [2.24, 2.45) is 5.92 Å². The van der Waals surface area contributed by atoms with E-state index in [4.69, 9.17) is 27.9 Å². The maximum Gasteiger partial charge on any atom is 0.260 e. The first-order chi connectivity index (χ1) is 12.0. The van der Waals surface area contributed by atoms with Crippen LogP contribution in [0.4, 0.5) is 0 Å². The molecule has 2 rings (SSSR count). The molecule has 1 amide bonds. The van der Waals surface area contributed by atoms with Gasteiger partial charge in [-0.1, -0.05) is 47.5 Å². The number of hydrogen-bond acceptors (Lipinski definition) is 3. The van der Waals surface area contributed by atoms with Gasteiger partial charge in [0.2, 0.25) is 0 Å². The summed E-state index contributed by atoms with van der Waals surface area (Å²) in [4.78, 5) is 12.2. The predicted octanol–water partition coefficient (Wildman–Crippen LogP) is 3.73. The lowest BCUT2D eigenvalue weighted by molar-refractivity contribution is -0.127. The van der Waals surface area contributed by atoms with E-state index >= 15 is 0 Å². The van der Waals surface area contributed by atoms with Crippen LogP contribution in [-0.4, -0.2) is 30.3 Å². The zero-order valence-electron chi connectivity index (χ0n) is 13.9. The Balaban J connectivity index is 1.84.